The van der Waals surface area contributed by atoms with E-state index in [-0.39, 0.29) is 5.56 Å². The van der Waals surface area contributed by atoms with E-state index < -0.39 is 11.6 Å². The summed E-state index contributed by atoms with van der Waals surface area (Å²) in [6.07, 6.45) is 3.56. The van der Waals surface area contributed by atoms with E-state index in [0.29, 0.717) is 12.2 Å². The number of likely N-dealkylation sites (N-methyl/N-ethyl adjacent to an activating group) is 1. The van der Waals surface area contributed by atoms with Crippen molar-refractivity contribution in [3.8, 4) is 0 Å². The van der Waals surface area contributed by atoms with Crippen molar-refractivity contribution in [2.45, 2.75) is 13.8 Å². The van der Waals surface area contributed by atoms with Crippen LogP contribution in [0.3, 0.4) is 0 Å². The third-order valence-corrected chi connectivity index (χ3v) is 3.10. The first-order valence-electron chi connectivity index (χ1n) is 5.86. The second-order valence-electron chi connectivity index (χ2n) is 4.19. The van der Waals surface area contributed by atoms with E-state index in [2.05, 4.69) is 6.58 Å². The maximum Gasteiger partial charge on any atom is 0.135 e. The molecule has 0 atom stereocenters. The molecule has 0 aliphatic carbocycles. The normalized spacial score (nSPS) is 15.6. The van der Waals surface area contributed by atoms with Crippen molar-refractivity contribution >= 4 is 5.70 Å². The molecule has 3 heteroatoms. The molecule has 0 unspecified atom stereocenters. The van der Waals surface area contributed by atoms with Gasteiger partial charge in [0.2, 0.25) is 0 Å². The molecule has 94 valence electrons. The van der Waals surface area contributed by atoms with Gasteiger partial charge < -0.3 is 4.90 Å². The molecule has 2 rings (SSSR count). The fourth-order valence-electron chi connectivity index (χ4n) is 2.07. The van der Waals surface area contributed by atoms with Crippen LogP contribution >= 0.6 is 0 Å². The second-order valence-corrected chi connectivity index (χ2v) is 4.19. The number of hydrogen-bond donors (Lipinski definition) is 0. The molecular weight excluding hydrogens is 232 g/mol. The molecule has 0 N–H and O–H groups in total. The number of allylic oxidation sites excluding steroid dienone is 3. The molecule has 0 bridgehead atoms. The zero-order valence-electron chi connectivity index (χ0n) is 10.5. The summed E-state index contributed by atoms with van der Waals surface area (Å²) >= 11 is 0. The molecule has 0 radical (unpaired) electrons. The van der Waals surface area contributed by atoms with E-state index in [1.165, 1.54) is 18.2 Å². The van der Waals surface area contributed by atoms with Crippen LogP contribution in [-0.2, 0) is 0 Å². The Kier molecular flexibility index (Phi) is 3.32. The van der Waals surface area contributed by atoms with Crippen LogP contribution < -0.4 is 0 Å². The minimum Gasteiger partial charge on any atom is -0.341 e. The van der Waals surface area contributed by atoms with Gasteiger partial charge in [-0.05, 0) is 37.6 Å². The van der Waals surface area contributed by atoms with Gasteiger partial charge in [-0.2, -0.15) is 0 Å². The lowest BCUT2D eigenvalue weighted by Gasteiger charge is -2.31. The minimum atomic E-state index is -0.555. The third kappa shape index (κ3) is 1.96. The van der Waals surface area contributed by atoms with Crippen LogP contribution in [0.1, 0.15) is 19.4 Å². The summed E-state index contributed by atoms with van der Waals surface area (Å²) < 4.78 is 27.6. The van der Waals surface area contributed by atoms with Crippen LogP contribution in [0, 0.1) is 11.6 Å². The first-order chi connectivity index (χ1) is 8.56. The quantitative estimate of drug-likeness (QED) is 0.760. The number of rotatable bonds is 2. The average Bonchev–Trinajstić information content (AvgIpc) is 2.33. The molecule has 1 aliphatic heterocycles. The molecule has 1 heterocycles. The zero-order valence-corrected chi connectivity index (χ0v) is 10.5. The molecule has 0 saturated carbocycles. The maximum atomic E-state index is 13.8. The van der Waals surface area contributed by atoms with Gasteiger partial charge in [-0.15, -0.1) is 0 Å². The molecule has 0 amide bonds. The van der Waals surface area contributed by atoms with Gasteiger partial charge in [-0.25, -0.2) is 8.78 Å². The highest BCUT2D eigenvalue weighted by Crippen LogP contribution is 2.32. The maximum absolute atomic E-state index is 13.8. The Labute approximate surface area is 106 Å². The Morgan fingerprint density at radius 2 is 1.78 bits per heavy atom. The van der Waals surface area contributed by atoms with E-state index in [9.17, 15) is 8.78 Å². The van der Waals surface area contributed by atoms with Crippen LogP contribution in [0.2, 0.25) is 0 Å². The van der Waals surface area contributed by atoms with E-state index in [4.69, 9.17) is 0 Å². The minimum absolute atomic E-state index is 0.00394. The molecule has 1 aliphatic rings. The summed E-state index contributed by atoms with van der Waals surface area (Å²) in [6.45, 7) is 8.42. The standard InChI is InChI=1S/C15H15F2N/c1-4-18-11(3)10(2)8-9-14(18)15-12(16)6-5-7-13(15)17/h5-9H,3-4H2,1-2H3. The first-order valence-corrected chi connectivity index (χ1v) is 5.86. The van der Waals surface area contributed by atoms with Gasteiger partial charge in [0.1, 0.15) is 11.6 Å². The number of halogens is 2. The Hall–Kier alpha value is -1.90. The fourth-order valence-corrected chi connectivity index (χ4v) is 2.07. The molecule has 0 fully saturated rings. The van der Waals surface area contributed by atoms with E-state index >= 15 is 0 Å². The van der Waals surface area contributed by atoms with Crippen molar-refractivity contribution in [2.75, 3.05) is 6.54 Å². The van der Waals surface area contributed by atoms with Gasteiger partial charge in [-0.3, -0.25) is 0 Å². The van der Waals surface area contributed by atoms with E-state index in [1.807, 2.05) is 24.8 Å². The third-order valence-electron chi connectivity index (χ3n) is 3.10. The van der Waals surface area contributed by atoms with Gasteiger partial charge in [-0.1, -0.05) is 18.7 Å². The van der Waals surface area contributed by atoms with Gasteiger partial charge >= 0.3 is 0 Å². The zero-order chi connectivity index (χ0) is 13.3. The van der Waals surface area contributed by atoms with Gasteiger partial charge in [0.15, 0.2) is 0 Å². The highest BCUT2D eigenvalue weighted by atomic mass is 19.1. The van der Waals surface area contributed by atoms with Crippen LogP contribution in [0.25, 0.3) is 5.70 Å². The SMILES string of the molecule is C=C1C(C)=CC=C(c2c(F)cccc2F)N1CC. The smallest absolute Gasteiger partial charge is 0.135 e. The van der Waals surface area contributed by atoms with Crippen molar-refractivity contribution in [2.24, 2.45) is 0 Å². The van der Waals surface area contributed by atoms with Gasteiger partial charge in [0, 0.05) is 12.2 Å². The monoisotopic (exact) mass is 247 g/mol. The molecule has 18 heavy (non-hydrogen) atoms. The van der Waals surface area contributed by atoms with E-state index in [1.54, 1.807) is 6.08 Å². The topological polar surface area (TPSA) is 3.24 Å². The summed E-state index contributed by atoms with van der Waals surface area (Å²) in [5, 5.41) is 0. The predicted octanol–water partition coefficient (Wildman–Crippen LogP) is 4.10. The van der Waals surface area contributed by atoms with Gasteiger partial charge in [0.25, 0.3) is 0 Å². The summed E-state index contributed by atoms with van der Waals surface area (Å²) in [7, 11) is 0. The number of nitrogens with zero attached hydrogens (tertiary/aromatic N) is 1. The molecule has 1 nitrogen and oxygen atoms in total. The van der Waals surface area contributed by atoms with Crippen molar-refractivity contribution in [3.05, 3.63) is 65.4 Å². The Morgan fingerprint density at radius 1 is 1.17 bits per heavy atom. The summed E-state index contributed by atoms with van der Waals surface area (Å²) in [5.41, 5.74) is 2.29. The van der Waals surface area contributed by atoms with E-state index in [0.717, 1.165) is 11.3 Å². The molecule has 1 aromatic carbocycles. The Balaban J connectivity index is 2.59. The largest absolute Gasteiger partial charge is 0.341 e. The summed E-state index contributed by atoms with van der Waals surface area (Å²) in [4.78, 5) is 1.82. The molecule has 0 spiro atoms. The summed E-state index contributed by atoms with van der Waals surface area (Å²) in [6, 6.07) is 3.89. The lowest BCUT2D eigenvalue weighted by Crippen LogP contribution is -2.24. The van der Waals surface area contributed by atoms with Gasteiger partial charge in [0.05, 0.1) is 11.3 Å². The highest BCUT2D eigenvalue weighted by Gasteiger charge is 2.22. The van der Waals surface area contributed by atoms with Crippen molar-refractivity contribution in [3.63, 3.8) is 0 Å². The van der Waals surface area contributed by atoms with Crippen molar-refractivity contribution < 1.29 is 8.78 Å². The predicted molar refractivity (Wildman–Crippen MR) is 69.6 cm³/mol. The fraction of sp³-hybridized carbons (Fsp3) is 0.200. The molecule has 1 aromatic rings. The molecule has 0 saturated heterocycles. The number of hydrogen-bond acceptors (Lipinski definition) is 1. The van der Waals surface area contributed by atoms with Crippen molar-refractivity contribution in [1.82, 2.24) is 4.90 Å². The lowest BCUT2D eigenvalue weighted by atomic mass is 10.0. The summed E-state index contributed by atoms with van der Waals surface area (Å²) in [5.74, 6) is -1.11. The average molecular weight is 247 g/mol. The lowest BCUT2D eigenvalue weighted by molar-refractivity contribution is 0.503. The van der Waals surface area contributed by atoms with Crippen LogP contribution in [0.5, 0.6) is 0 Å². The van der Waals surface area contributed by atoms with Crippen LogP contribution in [0.15, 0.2) is 48.2 Å². The highest BCUT2D eigenvalue weighted by molar-refractivity contribution is 5.71. The molecule has 0 aromatic heterocycles. The van der Waals surface area contributed by atoms with Crippen LogP contribution in [-0.4, -0.2) is 11.4 Å². The van der Waals surface area contributed by atoms with Crippen LogP contribution in [0.4, 0.5) is 8.78 Å². The number of benzene rings is 1. The Bertz CT molecular complexity index is 535. The molecular formula is C15H15F2N. The van der Waals surface area contributed by atoms with Crippen molar-refractivity contribution in [1.29, 1.82) is 0 Å². The first kappa shape index (κ1) is 12.6. The Morgan fingerprint density at radius 3 is 2.33 bits per heavy atom. The second kappa shape index (κ2) is 4.77.